The molecular formula is C21H22N2O2. The first-order valence-electron chi connectivity index (χ1n) is 8.02. The first-order chi connectivity index (χ1) is 12.1. The van der Waals surface area contributed by atoms with Crippen LogP contribution in [0.5, 0.6) is 0 Å². The van der Waals surface area contributed by atoms with E-state index in [9.17, 15) is 9.59 Å². The molecule has 0 N–H and O–H groups in total. The van der Waals surface area contributed by atoms with Crippen molar-refractivity contribution in [1.82, 2.24) is 4.90 Å². The van der Waals surface area contributed by atoms with Crippen LogP contribution in [0.15, 0.2) is 79.9 Å². The van der Waals surface area contributed by atoms with Crippen molar-refractivity contribution in [3.8, 4) is 0 Å². The summed E-state index contributed by atoms with van der Waals surface area (Å²) in [6.07, 6.45) is 3.33. The average molecular weight is 334 g/mol. The number of amides is 2. The van der Waals surface area contributed by atoms with Crippen molar-refractivity contribution >= 4 is 17.5 Å². The molecule has 0 saturated heterocycles. The number of nitrogens with zero attached hydrogens (tertiary/aromatic N) is 2. The van der Waals surface area contributed by atoms with Crippen molar-refractivity contribution in [3.05, 3.63) is 91.0 Å². The highest BCUT2D eigenvalue weighted by atomic mass is 16.2. The molecule has 0 heterocycles. The summed E-state index contributed by atoms with van der Waals surface area (Å²) in [4.78, 5) is 28.5. The van der Waals surface area contributed by atoms with Crippen LogP contribution in [0.4, 0.5) is 5.69 Å². The fourth-order valence-electron chi connectivity index (χ4n) is 2.48. The van der Waals surface area contributed by atoms with E-state index in [2.05, 4.69) is 13.2 Å². The van der Waals surface area contributed by atoms with Gasteiger partial charge in [0.1, 0.15) is 0 Å². The van der Waals surface area contributed by atoms with Crippen LogP contribution in [-0.4, -0.2) is 36.9 Å². The zero-order valence-corrected chi connectivity index (χ0v) is 14.4. The Labute approximate surface area is 148 Å². The first-order valence-corrected chi connectivity index (χ1v) is 8.02. The molecule has 0 bridgehead atoms. The minimum atomic E-state index is -0.167. The second-order valence-electron chi connectivity index (χ2n) is 5.57. The molecule has 0 spiro atoms. The highest BCUT2D eigenvalue weighted by molar-refractivity contribution is 6.07. The number of benzene rings is 2. The van der Waals surface area contributed by atoms with Gasteiger partial charge in [-0.05, 0) is 30.3 Å². The third-order valence-corrected chi connectivity index (χ3v) is 3.79. The van der Waals surface area contributed by atoms with Crippen LogP contribution in [0.25, 0.3) is 0 Å². The number of anilines is 1. The van der Waals surface area contributed by atoms with E-state index in [4.69, 9.17) is 0 Å². The minimum absolute atomic E-state index is 0.156. The molecule has 2 aromatic rings. The number of hydrogen-bond donors (Lipinski definition) is 0. The van der Waals surface area contributed by atoms with Gasteiger partial charge in [0.15, 0.2) is 0 Å². The van der Waals surface area contributed by atoms with Gasteiger partial charge in [0.25, 0.3) is 11.8 Å². The van der Waals surface area contributed by atoms with E-state index in [-0.39, 0.29) is 11.8 Å². The number of para-hydroxylation sites is 1. The number of carbonyl (C=O) groups is 2. The normalized spacial score (nSPS) is 9.96. The molecule has 4 nitrogen and oxygen atoms in total. The summed E-state index contributed by atoms with van der Waals surface area (Å²) >= 11 is 0. The molecule has 2 rings (SSSR count). The van der Waals surface area contributed by atoms with Crippen LogP contribution >= 0.6 is 0 Å². The maximum absolute atomic E-state index is 12.7. The maximum Gasteiger partial charge on any atom is 0.258 e. The Hall–Kier alpha value is -3.14. The zero-order chi connectivity index (χ0) is 18.2. The van der Waals surface area contributed by atoms with E-state index in [1.807, 2.05) is 30.3 Å². The fraction of sp³-hybridized carbons (Fsp3) is 0.143. The van der Waals surface area contributed by atoms with Crippen LogP contribution in [0.1, 0.15) is 20.7 Å². The van der Waals surface area contributed by atoms with Crippen LogP contribution in [-0.2, 0) is 0 Å². The van der Waals surface area contributed by atoms with Crippen LogP contribution < -0.4 is 4.90 Å². The second-order valence-corrected chi connectivity index (χ2v) is 5.57. The standard InChI is InChI=1S/C21H22N2O2/c1-4-14-23(15-5-2)21(25)18-11-9-10-17(16-18)20(24)22(3)19-12-7-6-8-13-19/h4-13,16H,1-2,14-15H2,3H3. The van der Waals surface area contributed by atoms with Gasteiger partial charge in [-0.15, -0.1) is 13.2 Å². The Bertz CT molecular complexity index is 758. The van der Waals surface area contributed by atoms with E-state index < -0.39 is 0 Å². The van der Waals surface area contributed by atoms with Crippen molar-refractivity contribution in [1.29, 1.82) is 0 Å². The number of carbonyl (C=O) groups excluding carboxylic acids is 2. The summed E-state index contributed by atoms with van der Waals surface area (Å²) in [7, 11) is 1.72. The van der Waals surface area contributed by atoms with Crippen molar-refractivity contribution in [2.45, 2.75) is 0 Å². The van der Waals surface area contributed by atoms with Gasteiger partial charge in [-0.25, -0.2) is 0 Å². The SMILES string of the molecule is C=CCN(CC=C)C(=O)c1cccc(C(=O)N(C)c2ccccc2)c1. The predicted molar refractivity (Wildman–Crippen MR) is 102 cm³/mol. The summed E-state index contributed by atoms with van der Waals surface area (Å²) < 4.78 is 0. The molecule has 2 aromatic carbocycles. The van der Waals surface area contributed by atoms with Gasteiger partial charge < -0.3 is 9.80 Å². The summed E-state index contributed by atoms with van der Waals surface area (Å²) in [6, 6.07) is 16.1. The number of hydrogen-bond acceptors (Lipinski definition) is 2. The second kappa shape index (κ2) is 8.64. The molecule has 128 valence electrons. The molecule has 0 unspecified atom stereocenters. The molecule has 0 aliphatic rings. The van der Waals surface area contributed by atoms with E-state index in [1.54, 1.807) is 53.3 Å². The quantitative estimate of drug-likeness (QED) is 0.723. The highest BCUT2D eigenvalue weighted by Crippen LogP contribution is 2.16. The van der Waals surface area contributed by atoms with Gasteiger partial charge in [0, 0.05) is 37.0 Å². The smallest absolute Gasteiger partial charge is 0.258 e. The molecule has 2 amide bonds. The van der Waals surface area contributed by atoms with Crippen molar-refractivity contribution in [3.63, 3.8) is 0 Å². The highest BCUT2D eigenvalue weighted by Gasteiger charge is 2.17. The van der Waals surface area contributed by atoms with Gasteiger partial charge in [-0.3, -0.25) is 9.59 Å². The van der Waals surface area contributed by atoms with Crippen LogP contribution in [0.2, 0.25) is 0 Å². The number of rotatable bonds is 7. The first kappa shape index (κ1) is 18.2. The lowest BCUT2D eigenvalue weighted by atomic mass is 10.1. The van der Waals surface area contributed by atoms with Gasteiger partial charge in [0.05, 0.1) is 0 Å². The third-order valence-electron chi connectivity index (χ3n) is 3.79. The zero-order valence-electron chi connectivity index (χ0n) is 14.4. The summed E-state index contributed by atoms with van der Waals surface area (Å²) in [5.74, 6) is -0.323. The van der Waals surface area contributed by atoms with E-state index >= 15 is 0 Å². The average Bonchev–Trinajstić information content (AvgIpc) is 2.67. The summed E-state index contributed by atoms with van der Waals surface area (Å²) in [6.45, 7) is 8.19. The topological polar surface area (TPSA) is 40.6 Å². The Kier molecular flexibility index (Phi) is 6.29. The fourth-order valence-corrected chi connectivity index (χ4v) is 2.48. The van der Waals surface area contributed by atoms with E-state index in [0.717, 1.165) is 5.69 Å². The van der Waals surface area contributed by atoms with Gasteiger partial charge in [-0.2, -0.15) is 0 Å². The van der Waals surface area contributed by atoms with Crippen LogP contribution in [0, 0.1) is 0 Å². The molecule has 0 saturated carbocycles. The van der Waals surface area contributed by atoms with Crippen LogP contribution in [0.3, 0.4) is 0 Å². The lowest BCUT2D eigenvalue weighted by Crippen LogP contribution is -2.32. The Balaban J connectivity index is 2.25. The van der Waals surface area contributed by atoms with E-state index in [0.29, 0.717) is 24.2 Å². The van der Waals surface area contributed by atoms with Gasteiger partial charge >= 0.3 is 0 Å². The monoisotopic (exact) mass is 334 g/mol. The van der Waals surface area contributed by atoms with Crippen molar-refractivity contribution < 1.29 is 9.59 Å². The Morgan fingerprint density at radius 1 is 0.880 bits per heavy atom. The molecule has 0 aliphatic carbocycles. The van der Waals surface area contributed by atoms with Gasteiger partial charge in [0.2, 0.25) is 0 Å². The molecule has 0 aromatic heterocycles. The largest absolute Gasteiger partial charge is 0.331 e. The molecule has 0 aliphatic heterocycles. The molecule has 0 radical (unpaired) electrons. The Morgan fingerprint density at radius 2 is 1.44 bits per heavy atom. The Morgan fingerprint density at radius 3 is 2.00 bits per heavy atom. The lowest BCUT2D eigenvalue weighted by molar-refractivity contribution is 0.0791. The van der Waals surface area contributed by atoms with Gasteiger partial charge in [-0.1, -0.05) is 36.4 Å². The lowest BCUT2D eigenvalue weighted by Gasteiger charge is -2.20. The van der Waals surface area contributed by atoms with E-state index in [1.165, 1.54) is 0 Å². The maximum atomic E-state index is 12.7. The van der Waals surface area contributed by atoms with Crippen molar-refractivity contribution in [2.75, 3.05) is 25.0 Å². The minimum Gasteiger partial charge on any atom is -0.331 e. The molecule has 25 heavy (non-hydrogen) atoms. The summed E-state index contributed by atoms with van der Waals surface area (Å²) in [5, 5.41) is 0. The summed E-state index contributed by atoms with van der Waals surface area (Å²) in [5.41, 5.74) is 1.73. The molecule has 0 fully saturated rings. The molecule has 0 atom stereocenters. The molecule has 4 heteroatoms. The van der Waals surface area contributed by atoms with Crippen molar-refractivity contribution in [2.24, 2.45) is 0 Å². The predicted octanol–water partition coefficient (Wildman–Crippen LogP) is 3.78. The third kappa shape index (κ3) is 4.44. The molecular weight excluding hydrogens is 312 g/mol.